The van der Waals surface area contributed by atoms with E-state index in [2.05, 4.69) is 15.5 Å². The molecular weight excluding hydrogens is 356 g/mol. The minimum atomic E-state index is -0.498. The molecule has 2 aromatic carbocycles. The Morgan fingerprint density at radius 1 is 1.14 bits per heavy atom. The Morgan fingerprint density at radius 2 is 1.86 bits per heavy atom. The SMILES string of the molecule is CCOc1ccccc1-c1noc(CN[C@@H](C(=O)N(C)C)c2ccccc2)n1. The Bertz CT molecular complexity index is 909. The lowest BCUT2D eigenvalue weighted by atomic mass is 10.1. The highest BCUT2D eigenvalue weighted by Gasteiger charge is 2.23. The molecule has 0 fully saturated rings. The van der Waals surface area contributed by atoms with Crippen molar-refractivity contribution in [1.82, 2.24) is 20.4 Å². The van der Waals surface area contributed by atoms with Gasteiger partial charge in [-0.15, -0.1) is 0 Å². The number of likely N-dealkylation sites (N-methyl/N-ethyl adjacent to an activating group) is 1. The fraction of sp³-hybridized carbons (Fsp3) is 0.286. The minimum absolute atomic E-state index is 0.0485. The van der Waals surface area contributed by atoms with Crippen molar-refractivity contribution in [3.8, 4) is 17.1 Å². The van der Waals surface area contributed by atoms with Crippen LogP contribution in [0.5, 0.6) is 5.75 Å². The van der Waals surface area contributed by atoms with E-state index in [9.17, 15) is 4.79 Å². The molecule has 0 aliphatic rings. The molecule has 1 atom stereocenters. The molecule has 3 rings (SSSR count). The van der Waals surface area contributed by atoms with E-state index in [1.54, 1.807) is 19.0 Å². The summed E-state index contributed by atoms with van der Waals surface area (Å²) in [5.41, 5.74) is 1.64. The molecular formula is C21H24N4O3. The zero-order valence-corrected chi connectivity index (χ0v) is 16.3. The van der Waals surface area contributed by atoms with Crippen molar-refractivity contribution in [2.24, 2.45) is 0 Å². The second-order valence-corrected chi connectivity index (χ2v) is 6.40. The van der Waals surface area contributed by atoms with Gasteiger partial charge in [0.15, 0.2) is 0 Å². The van der Waals surface area contributed by atoms with Gasteiger partial charge in [0, 0.05) is 14.1 Å². The van der Waals surface area contributed by atoms with Gasteiger partial charge in [-0.05, 0) is 24.6 Å². The average molecular weight is 380 g/mol. The van der Waals surface area contributed by atoms with E-state index in [0.29, 0.717) is 24.1 Å². The summed E-state index contributed by atoms with van der Waals surface area (Å²) < 4.78 is 11.0. The molecule has 0 radical (unpaired) electrons. The number of nitrogens with one attached hydrogen (secondary N) is 1. The van der Waals surface area contributed by atoms with Crippen molar-refractivity contribution in [2.75, 3.05) is 20.7 Å². The van der Waals surface area contributed by atoms with Crippen LogP contribution in [0.15, 0.2) is 59.1 Å². The molecule has 0 aliphatic heterocycles. The second kappa shape index (κ2) is 9.14. The Labute approximate surface area is 164 Å². The third-order valence-corrected chi connectivity index (χ3v) is 4.17. The summed E-state index contributed by atoms with van der Waals surface area (Å²) in [5.74, 6) is 1.51. The number of nitrogens with zero attached hydrogens (tertiary/aromatic N) is 3. The van der Waals surface area contributed by atoms with Gasteiger partial charge in [-0.2, -0.15) is 4.98 Å². The number of hydrogen-bond acceptors (Lipinski definition) is 6. The second-order valence-electron chi connectivity index (χ2n) is 6.40. The largest absolute Gasteiger partial charge is 0.493 e. The summed E-state index contributed by atoms with van der Waals surface area (Å²) in [7, 11) is 3.46. The fourth-order valence-electron chi connectivity index (χ4n) is 2.81. The number of ether oxygens (including phenoxy) is 1. The monoisotopic (exact) mass is 380 g/mol. The number of hydrogen-bond donors (Lipinski definition) is 1. The first kappa shape index (κ1) is 19.6. The molecule has 0 bridgehead atoms. The van der Waals surface area contributed by atoms with Crippen molar-refractivity contribution in [1.29, 1.82) is 0 Å². The zero-order chi connectivity index (χ0) is 19.9. The molecule has 28 heavy (non-hydrogen) atoms. The quantitative estimate of drug-likeness (QED) is 0.647. The van der Waals surface area contributed by atoms with Crippen LogP contribution in [0.25, 0.3) is 11.4 Å². The Balaban J connectivity index is 1.76. The Morgan fingerprint density at radius 3 is 2.57 bits per heavy atom. The van der Waals surface area contributed by atoms with Crippen LogP contribution >= 0.6 is 0 Å². The van der Waals surface area contributed by atoms with E-state index < -0.39 is 6.04 Å². The van der Waals surface area contributed by atoms with Crippen LogP contribution in [-0.2, 0) is 11.3 Å². The Hall–Kier alpha value is -3.19. The van der Waals surface area contributed by atoms with Gasteiger partial charge in [0.1, 0.15) is 11.8 Å². The summed E-state index contributed by atoms with van der Waals surface area (Å²) in [6, 6.07) is 16.6. The van der Waals surface area contributed by atoms with E-state index >= 15 is 0 Å². The van der Waals surface area contributed by atoms with Crippen LogP contribution in [0.2, 0.25) is 0 Å². The standard InChI is InChI=1S/C21H24N4O3/c1-4-27-17-13-9-8-12-16(17)20-23-18(28-24-20)14-22-19(21(26)25(2)3)15-10-6-5-7-11-15/h5-13,19,22H,4,14H2,1-3H3/t19-/m1/s1. The van der Waals surface area contributed by atoms with Gasteiger partial charge in [0.2, 0.25) is 17.6 Å². The highest BCUT2D eigenvalue weighted by atomic mass is 16.5. The summed E-state index contributed by atoms with van der Waals surface area (Å²) in [4.78, 5) is 18.6. The maximum absolute atomic E-state index is 12.6. The average Bonchev–Trinajstić information content (AvgIpc) is 3.18. The van der Waals surface area contributed by atoms with Gasteiger partial charge in [0.25, 0.3) is 0 Å². The smallest absolute Gasteiger partial charge is 0.243 e. The lowest BCUT2D eigenvalue weighted by molar-refractivity contribution is -0.131. The Kier molecular flexibility index (Phi) is 6.39. The number of amides is 1. The number of para-hydroxylation sites is 1. The van der Waals surface area contributed by atoms with Crippen LogP contribution in [-0.4, -0.2) is 41.6 Å². The molecule has 0 saturated carbocycles. The van der Waals surface area contributed by atoms with Crippen LogP contribution in [0, 0.1) is 0 Å². The molecule has 1 N–H and O–H groups in total. The maximum atomic E-state index is 12.6. The first-order chi connectivity index (χ1) is 13.6. The highest BCUT2D eigenvalue weighted by molar-refractivity contribution is 5.82. The third-order valence-electron chi connectivity index (χ3n) is 4.17. The van der Waals surface area contributed by atoms with Gasteiger partial charge in [0.05, 0.1) is 18.7 Å². The van der Waals surface area contributed by atoms with Crippen LogP contribution in [0.3, 0.4) is 0 Å². The third kappa shape index (κ3) is 4.55. The van der Waals surface area contributed by atoms with Crippen molar-refractivity contribution < 1.29 is 14.1 Å². The molecule has 0 spiro atoms. The van der Waals surface area contributed by atoms with Gasteiger partial charge >= 0.3 is 0 Å². The lowest BCUT2D eigenvalue weighted by Crippen LogP contribution is -2.36. The van der Waals surface area contributed by atoms with Crippen LogP contribution < -0.4 is 10.1 Å². The van der Waals surface area contributed by atoms with E-state index in [-0.39, 0.29) is 12.5 Å². The summed E-state index contributed by atoms with van der Waals surface area (Å²) in [6.45, 7) is 2.74. The summed E-state index contributed by atoms with van der Waals surface area (Å²) in [6.07, 6.45) is 0. The molecule has 7 heteroatoms. The molecule has 0 aliphatic carbocycles. The van der Waals surface area contributed by atoms with Gasteiger partial charge in [-0.25, -0.2) is 0 Å². The van der Waals surface area contributed by atoms with E-state index in [1.807, 2.05) is 61.5 Å². The van der Waals surface area contributed by atoms with E-state index in [1.165, 1.54) is 0 Å². The molecule has 0 saturated heterocycles. The number of rotatable bonds is 8. The molecule has 1 aromatic heterocycles. The molecule has 7 nitrogen and oxygen atoms in total. The normalized spacial score (nSPS) is 11.8. The van der Waals surface area contributed by atoms with Gasteiger partial charge in [-0.1, -0.05) is 47.6 Å². The predicted octanol–water partition coefficient (Wildman–Crippen LogP) is 3.05. The first-order valence-corrected chi connectivity index (χ1v) is 9.14. The molecule has 3 aromatic rings. The number of carbonyl (C=O) groups is 1. The maximum Gasteiger partial charge on any atom is 0.243 e. The number of benzene rings is 2. The molecule has 0 unspecified atom stereocenters. The van der Waals surface area contributed by atoms with E-state index in [4.69, 9.17) is 9.26 Å². The van der Waals surface area contributed by atoms with Gasteiger partial charge in [-0.3, -0.25) is 10.1 Å². The number of aromatic nitrogens is 2. The van der Waals surface area contributed by atoms with Crippen molar-refractivity contribution in [3.63, 3.8) is 0 Å². The van der Waals surface area contributed by atoms with Crippen LogP contribution in [0.4, 0.5) is 0 Å². The van der Waals surface area contributed by atoms with Crippen LogP contribution in [0.1, 0.15) is 24.4 Å². The van der Waals surface area contributed by atoms with Crippen molar-refractivity contribution in [2.45, 2.75) is 19.5 Å². The van der Waals surface area contributed by atoms with Gasteiger partial charge < -0.3 is 14.2 Å². The summed E-state index contributed by atoms with van der Waals surface area (Å²) >= 11 is 0. The number of carbonyl (C=O) groups excluding carboxylic acids is 1. The van der Waals surface area contributed by atoms with Crippen molar-refractivity contribution in [3.05, 3.63) is 66.1 Å². The fourth-order valence-corrected chi connectivity index (χ4v) is 2.81. The molecule has 146 valence electrons. The minimum Gasteiger partial charge on any atom is -0.493 e. The molecule has 1 amide bonds. The first-order valence-electron chi connectivity index (χ1n) is 9.14. The van der Waals surface area contributed by atoms with Crippen molar-refractivity contribution >= 4 is 5.91 Å². The zero-order valence-electron chi connectivity index (χ0n) is 16.3. The predicted molar refractivity (Wildman–Crippen MR) is 106 cm³/mol. The summed E-state index contributed by atoms with van der Waals surface area (Å²) in [5, 5.41) is 7.28. The van der Waals surface area contributed by atoms with E-state index in [0.717, 1.165) is 11.1 Å². The molecule has 1 heterocycles. The topological polar surface area (TPSA) is 80.5 Å². The highest BCUT2D eigenvalue weighted by Crippen LogP contribution is 2.27. The lowest BCUT2D eigenvalue weighted by Gasteiger charge is -2.21.